The molecule has 0 saturated carbocycles. The Morgan fingerprint density at radius 3 is 2.80 bits per heavy atom. The minimum Gasteiger partial charge on any atom is -0.378 e. The maximum Gasteiger partial charge on any atom is 0.214 e. The number of hydrogen-bond donors (Lipinski definition) is 2. The molecule has 5 nitrogen and oxygen atoms in total. The van der Waals surface area contributed by atoms with Gasteiger partial charge in [0, 0.05) is 12.6 Å². The molecule has 0 aromatic carbocycles. The highest BCUT2D eigenvalue weighted by Crippen LogP contribution is 2.00. The van der Waals surface area contributed by atoms with Crippen LogP contribution in [0.4, 0.5) is 0 Å². The molecule has 90 valence electrons. The number of sulfonamides is 1. The van der Waals surface area contributed by atoms with Crippen LogP contribution in [0, 0.1) is 0 Å². The van der Waals surface area contributed by atoms with E-state index in [0.717, 1.165) is 19.5 Å². The maximum atomic E-state index is 11.5. The van der Waals surface area contributed by atoms with Gasteiger partial charge in [0.05, 0.1) is 18.5 Å². The number of rotatable bonds is 6. The lowest BCUT2D eigenvalue weighted by atomic mass is 10.3. The molecule has 1 heterocycles. The molecule has 6 heteroatoms. The van der Waals surface area contributed by atoms with Crippen LogP contribution in [0.5, 0.6) is 0 Å². The van der Waals surface area contributed by atoms with Gasteiger partial charge in [-0.15, -0.1) is 0 Å². The van der Waals surface area contributed by atoms with Crippen molar-refractivity contribution < 1.29 is 13.2 Å². The van der Waals surface area contributed by atoms with Gasteiger partial charge in [-0.05, 0) is 26.8 Å². The Kier molecular flexibility index (Phi) is 4.98. The molecule has 1 saturated heterocycles. The summed E-state index contributed by atoms with van der Waals surface area (Å²) in [5.41, 5.74) is 0. The molecule has 1 rings (SSSR count). The van der Waals surface area contributed by atoms with Crippen LogP contribution in [0.2, 0.25) is 0 Å². The van der Waals surface area contributed by atoms with E-state index in [1.807, 2.05) is 13.8 Å². The SMILES string of the molecule is CC(C)OCCS(=O)(=O)N[C@H]1CCNC1. The van der Waals surface area contributed by atoms with Crippen molar-refractivity contribution in [2.75, 3.05) is 25.4 Å². The summed E-state index contributed by atoms with van der Waals surface area (Å²) in [5, 5.41) is 3.11. The molecule has 15 heavy (non-hydrogen) atoms. The van der Waals surface area contributed by atoms with Crippen LogP contribution < -0.4 is 10.0 Å². The number of hydrogen-bond acceptors (Lipinski definition) is 4. The molecule has 0 unspecified atom stereocenters. The van der Waals surface area contributed by atoms with Crippen molar-refractivity contribution in [1.29, 1.82) is 0 Å². The van der Waals surface area contributed by atoms with Gasteiger partial charge in [-0.25, -0.2) is 13.1 Å². The van der Waals surface area contributed by atoms with Crippen LogP contribution in [0.1, 0.15) is 20.3 Å². The molecule has 1 atom stereocenters. The van der Waals surface area contributed by atoms with Crippen LogP contribution in [-0.2, 0) is 14.8 Å². The highest BCUT2D eigenvalue weighted by Gasteiger charge is 2.20. The zero-order chi connectivity index (χ0) is 11.3. The molecule has 1 aliphatic heterocycles. The molecule has 0 aliphatic carbocycles. The Hall–Kier alpha value is -0.170. The Labute approximate surface area is 91.6 Å². The zero-order valence-corrected chi connectivity index (χ0v) is 10.1. The molecule has 0 aromatic rings. The predicted molar refractivity (Wildman–Crippen MR) is 59.3 cm³/mol. The molecule has 0 radical (unpaired) electrons. The first-order valence-corrected chi connectivity index (χ1v) is 6.97. The van der Waals surface area contributed by atoms with Gasteiger partial charge in [0.15, 0.2) is 0 Å². The van der Waals surface area contributed by atoms with E-state index in [2.05, 4.69) is 10.0 Å². The minimum atomic E-state index is -3.18. The summed E-state index contributed by atoms with van der Waals surface area (Å²) < 4.78 is 31.0. The lowest BCUT2D eigenvalue weighted by Crippen LogP contribution is -2.38. The highest BCUT2D eigenvalue weighted by atomic mass is 32.2. The van der Waals surface area contributed by atoms with E-state index >= 15 is 0 Å². The first-order valence-electron chi connectivity index (χ1n) is 5.32. The third-order valence-corrected chi connectivity index (χ3v) is 3.61. The molecule has 2 N–H and O–H groups in total. The Balaban J connectivity index is 2.25. The summed E-state index contributed by atoms with van der Waals surface area (Å²) >= 11 is 0. The topological polar surface area (TPSA) is 67.4 Å². The van der Waals surface area contributed by atoms with Gasteiger partial charge >= 0.3 is 0 Å². The number of ether oxygens (including phenoxy) is 1. The van der Waals surface area contributed by atoms with Crippen LogP contribution in [0.15, 0.2) is 0 Å². The minimum absolute atomic E-state index is 0.0433. The zero-order valence-electron chi connectivity index (χ0n) is 9.32. The van der Waals surface area contributed by atoms with Gasteiger partial charge in [0.25, 0.3) is 0 Å². The van der Waals surface area contributed by atoms with Crippen molar-refractivity contribution >= 4 is 10.0 Å². The monoisotopic (exact) mass is 236 g/mol. The van der Waals surface area contributed by atoms with E-state index in [9.17, 15) is 8.42 Å². The van der Waals surface area contributed by atoms with Crippen molar-refractivity contribution in [1.82, 2.24) is 10.0 Å². The van der Waals surface area contributed by atoms with E-state index in [1.54, 1.807) is 0 Å². The summed E-state index contributed by atoms with van der Waals surface area (Å²) in [7, 11) is -3.18. The van der Waals surface area contributed by atoms with Crippen LogP contribution in [0.3, 0.4) is 0 Å². The van der Waals surface area contributed by atoms with E-state index in [0.29, 0.717) is 0 Å². The lowest BCUT2D eigenvalue weighted by Gasteiger charge is -2.12. The van der Waals surface area contributed by atoms with Crippen molar-refractivity contribution in [2.45, 2.75) is 32.4 Å². The molecular weight excluding hydrogens is 216 g/mol. The molecule has 1 fully saturated rings. The Bertz CT molecular complexity index is 271. The average Bonchev–Trinajstić information content (AvgIpc) is 2.54. The standard InChI is InChI=1S/C9H20N2O3S/c1-8(2)14-5-6-15(12,13)11-9-3-4-10-7-9/h8-11H,3-7H2,1-2H3/t9-/m0/s1. The molecule has 0 aromatic heterocycles. The average molecular weight is 236 g/mol. The molecular formula is C9H20N2O3S. The molecule has 0 spiro atoms. The smallest absolute Gasteiger partial charge is 0.214 e. The maximum absolute atomic E-state index is 11.5. The number of nitrogens with one attached hydrogen (secondary N) is 2. The van der Waals surface area contributed by atoms with Crippen LogP contribution in [0.25, 0.3) is 0 Å². The molecule has 0 amide bonds. The van der Waals surface area contributed by atoms with Crippen molar-refractivity contribution in [3.63, 3.8) is 0 Å². The van der Waals surface area contributed by atoms with Crippen LogP contribution in [-0.4, -0.2) is 46.0 Å². The molecule has 0 bridgehead atoms. The second-order valence-electron chi connectivity index (χ2n) is 4.05. The Morgan fingerprint density at radius 1 is 1.53 bits per heavy atom. The second-order valence-corrected chi connectivity index (χ2v) is 5.92. The quantitative estimate of drug-likeness (QED) is 0.664. The van der Waals surface area contributed by atoms with E-state index < -0.39 is 10.0 Å². The van der Waals surface area contributed by atoms with E-state index in [1.165, 1.54) is 0 Å². The van der Waals surface area contributed by atoms with E-state index in [-0.39, 0.29) is 24.5 Å². The van der Waals surface area contributed by atoms with E-state index in [4.69, 9.17) is 4.74 Å². The van der Waals surface area contributed by atoms with Gasteiger partial charge in [-0.2, -0.15) is 0 Å². The van der Waals surface area contributed by atoms with Gasteiger partial charge in [0.2, 0.25) is 10.0 Å². The summed E-state index contributed by atoms with van der Waals surface area (Å²) in [4.78, 5) is 0. The summed E-state index contributed by atoms with van der Waals surface area (Å²) in [6.07, 6.45) is 0.943. The fourth-order valence-corrected chi connectivity index (χ4v) is 2.60. The highest BCUT2D eigenvalue weighted by molar-refractivity contribution is 7.89. The first-order chi connectivity index (χ1) is 6.99. The van der Waals surface area contributed by atoms with Gasteiger partial charge in [0.1, 0.15) is 0 Å². The third-order valence-electron chi connectivity index (χ3n) is 2.21. The van der Waals surface area contributed by atoms with Gasteiger partial charge in [-0.3, -0.25) is 0 Å². The molecule has 1 aliphatic rings. The predicted octanol–water partition coefficient (Wildman–Crippen LogP) is -0.307. The van der Waals surface area contributed by atoms with Crippen molar-refractivity contribution in [3.8, 4) is 0 Å². The largest absolute Gasteiger partial charge is 0.378 e. The third kappa shape index (κ3) is 5.46. The summed E-state index contributed by atoms with van der Waals surface area (Å²) in [5.74, 6) is 0.0433. The van der Waals surface area contributed by atoms with Gasteiger partial charge < -0.3 is 10.1 Å². The first kappa shape index (κ1) is 12.9. The Morgan fingerprint density at radius 2 is 2.27 bits per heavy atom. The second kappa shape index (κ2) is 5.79. The van der Waals surface area contributed by atoms with Crippen molar-refractivity contribution in [3.05, 3.63) is 0 Å². The summed E-state index contributed by atoms with van der Waals surface area (Å²) in [6.45, 7) is 5.65. The summed E-state index contributed by atoms with van der Waals surface area (Å²) in [6, 6.07) is 0.0500. The normalized spacial score (nSPS) is 22.5. The fourth-order valence-electron chi connectivity index (χ4n) is 1.46. The lowest BCUT2D eigenvalue weighted by molar-refractivity contribution is 0.0911. The van der Waals surface area contributed by atoms with Crippen LogP contribution >= 0.6 is 0 Å². The van der Waals surface area contributed by atoms with Crippen molar-refractivity contribution in [2.24, 2.45) is 0 Å². The fraction of sp³-hybridized carbons (Fsp3) is 1.00. The van der Waals surface area contributed by atoms with Gasteiger partial charge in [-0.1, -0.05) is 0 Å².